The summed E-state index contributed by atoms with van der Waals surface area (Å²) in [7, 11) is 2.20. The van der Waals surface area contributed by atoms with Crippen molar-refractivity contribution in [2.75, 3.05) is 20.1 Å². The number of H-pyrrole nitrogens is 1. The van der Waals surface area contributed by atoms with Gasteiger partial charge in [0, 0.05) is 24.7 Å². The fourth-order valence-corrected chi connectivity index (χ4v) is 2.84. The normalized spacial score (nSPS) is 18.9. The number of nitrogens with one attached hydrogen (secondary N) is 2. The van der Waals surface area contributed by atoms with Crippen molar-refractivity contribution in [2.45, 2.75) is 32.4 Å². The summed E-state index contributed by atoms with van der Waals surface area (Å²) in [5.41, 5.74) is 2.13. The van der Waals surface area contributed by atoms with Gasteiger partial charge in [0.25, 0.3) is 0 Å². The molecule has 0 spiro atoms. The Morgan fingerprint density at radius 1 is 1.48 bits per heavy atom. The maximum atomic E-state index is 5.66. The summed E-state index contributed by atoms with van der Waals surface area (Å²) in [6.45, 7) is 5.01. The molecule has 1 aliphatic heterocycles. The summed E-state index contributed by atoms with van der Waals surface area (Å²) >= 11 is 0. The van der Waals surface area contributed by atoms with Crippen LogP contribution in [0.1, 0.15) is 24.2 Å². The van der Waals surface area contributed by atoms with Crippen LogP contribution in [0, 0.1) is 6.92 Å². The maximum Gasteiger partial charge on any atom is 0.152 e. The summed E-state index contributed by atoms with van der Waals surface area (Å²) in [5.74, 6) is 1.77. The van der Waals surface area contributed by atoms with Gasteiger partial charge in [0.15, 0.2) is 5.76 Å². The van der Waals surface area contributed by atoms with Gasteiger partial charge in [-0.1, -0.05) is 0 Å². The largest absolute Gasteiger partial charge is 0.460 e. The Hall–Kier alpha value is -1.30. The van der Waals surface area contributed by atoms with Crippen molar-refractivity contribution in [1.82, 2.24) is 20.4 Å². The minimum Gasteiger partial charge on any atom is -0.460 e. The van der Waals surface area contributed by atoms with Crippen molar-refractivity contribution >= 4 is 12.4 Å². The van der Waals surface area contributed by atoms with Gasteiger partial charge in [0.2, 0.25) is 0 Å². The average molecular weight is 311 g/mol. The monoisotopic (exact) mass is 310 g/mol. The van der Waals surface area contributed by atoms with Gasteiger partial charge >= 0.3 is 0 Å². The van der Waals surface area contributed by atoms with Crippen LogP contribution >= 0.6 is 12.4 Å². The summed E-state index contributed by atoms with van der Waals surface area (Å²) < 4.78 is 5.66. The molecule has 21 heavy (non-hydrogen) atoms. The van der Waals surface area contributed by atoms with Gasteiger partial charge in [-0.3, -0.25) is 5.10 Å². The van der Waals surface area contributed by atoms with E-state index >= 15 is 0 Å². The molecule has 5 nitrogen and oxygen atoms in total. The van der Waals surface area contributed by atoms with E-state index in [1.165, 1.54) is 19.4 Å². The number of furan rings is 1. The number of nitrogens with zero attached hydrogens (tertiary/aromatic N) is 2. The third kappa shape index (κ3) is 3.67. The number of hydrogen-bond acceptors (Lipinski definition) is 4. The van der Waals surface area contributed by atoms with E-state index in [4.69, 9.17) is 4.42 Å². The average Bonchev–Trinajstić information content (AvgIpc) is 3.12. The number of rotatable bonds is 5. The molecule has 6 heteroatoms. The molecule has 0 bridgehead atoms. The Morgan fingerprint density at radius 2 is 2.33 bits per heavy atom. The lowest BCUT2D eigenvalue weighted by Gasteiger charge is -2.19. The lowest BCUT2D eigenvalue weighted by molar-refractivity contribution is 0.300. The number of halogens is 1. The van der Waals surface area contributed by atoms with Crippen LogP contribution in [-0.4, -0.2) is 41.3 Å². The summed E-state index contributed by atoms with van der Waals surface area (Å²) in [6, 6.07) is 4.62. The van der Waals surface area contributed by atoms with E-state index in [1.54, 1.807) is 0 Å². The SMILES string of the molecule is Cc1ccc(-c2[nH]ncc2CNCC2CCCN2C)o1.Cl. The number of likely N-dealkylation sites (tertiary alicyclic amines) is 1. The van der Waals surface area contributed by atoms with Crippen LogP contribution in [0.15, 0.2) is 22.7 Å². The summed E-state index contributed by atoms with van der Waals surface area (Å²) in [6.07, 6.45) is 4.48. The Kier molecular flexibility index (Phi) is 5.45. The second kappa shape index (κ2) is 7.11. The van der Waals surface area contributed by atoms with Crippen LogP contribution in [0.2, 0.25) is 0 Å². The highest BCUT2D eigenvalue weighted by Crippen LogP contribution is 2.23. The zero-order valence-electron chi connectivity index (χ0n) is 12.6. The lowest BCUT2D eigenvalue weighted by Crippen LogP contribution is -2.35. The fourth-order valence-electron chi connectivity index (χ4n) is 2.84. The predicted octanol–water partition coefficient (Wildman–Crippen LogP) is 2.58. The molecule has 3 rings (SSSR count). The zero-order valence-corrected chi connectivity index (χ0v) is 13.4. The molecule has 1 saturated heterocycles. The lowest BCUT2D eigenvalue weighted by atomic mass is 10.2. The Balaban J connectivity index is 0.00000161. The van der Waals surface area contributed by atoms with Crippen molar-refractivity contribution in [3.63, 3.8) is 0 Å². The van der Waals surface area contributed by atoms with Crippen molar-refractivity contribution in [2.24, 2.45) is 0 Å². The van der Waals surface area contributed by atoms with Crippen LogP contribution in [0.3, 0.4) is 0 Å². The van der Waals surface area contributed by atoms with Gasteiger partial charge in [-0.25, -0.2) is 0 Å². The van der Waals surface area contributed by atoms with Crippen LogP contribution in [0.4, 0.5) is 0 Å². The van der Waals surface area contributed by atoms with E-state index in [0.29, 0.717) is 6.04 Å². The molecule has 0 saturated carbocycles. The van der Waals surface area contributed by atoms with Gasteiger partial charge < -0.3 is 14.6 Å². The zero-order chi connectivity index (χ0) is 13.9. The van der Waals surface area contributed by atoms with Gasteiger partial charge in [0.1, 0.15) is 11.5 Å². The molecule has 2 aromatic heterocycles. The number of likely N-dealkylation sites (N-methyl/N-ethyl adjacent to an activating group) is 1. The number of aryl methyl sites for hydroxylation is 1. The van der Waals surface area contributed by atoms with Gasteiger partial charge in [-0.2, -0.15) is 5.10 Å². The first kappa shape index (κ1) is 16.1. The van der Waals surface area contributed by atoms with Crippen molar-refractivity contribution < 1.29 is 4.42 Å². The molecule has 0 aliphatic carbocycles. The van der Waals surface area contributed by atoms with Crippen LogP contribution < -0.4 is 5.32 Å². The first-order valence-electron chi connectivity index (χ1n) is 7.24. The number of hydrogen-bond donors (Lipinski definition) is 2. The quantitative estimate of drug-likeness (QED) is 0.891. The molecule has 0 radical (unpaired) electrons. The second-order valence-electron chi connectivity index (χ2n) is 5.59. The molecular weight excluding hydrogens is 288 g/mol. The van der Waals surface area contributed by atoms with E-state index in [0.717, 1.165) is 35.9 Å². The molecule has 2 N–H and O–H groups in total. The molecule has 3 heterocycles. The topological polar surface area (TPSA) is 57.1 Å². The van der Waals surface area contributed by atoms with Crippen LogP contribution in [0.5, 0.6) is 0 Å². The van der Waals surface area contributed by atoms with Crippen LogP contribution in [-0.2, 0) is 6.54 Å². The van der Waals surface area contributed by atoms with E-state index < -0.39 is 0 Å². The fraction of sp³-hybridized carbons (Fsp3) is 0.533. The molecule has 2 aromatic rings. The predicted molar refractivity (Wildman–Crippen MR) is 85.6 cm³/mol. The molecule has 0 aromatic carbocycles. The highest BCUT2D eigenvalue weighted by molar-refractivity contribution is 5.85. The highest BCUT2D eigenvalue weighted by Gasteiger charge is 2.20. The minimum atomic E-state index is 0. The Bertz CT molecular complexity index is 566. The minimum absolute atomic E-state index is 0. The van der Waals surface area contributed by atoms with Crippen molar-refractivity contribution in [3.8, 4) is 11.5 Å². The molecule has 1 fully saturated rings. The third-order valence-electron chi connectivity index (χ3n) is 4.07. The van der Waals surface area contributed by atoms with E-state index in [2.05, 4.69) is 27.5 Å². The maximum absolute atomic E-state index is 5.66. The van der Waals surface area contributed by atoms with Crippen molar-refractivity contribution in [3.05, 3.63) is 29.7 Å². The van der Waals surface area contributed by atoms with Crippen molar-refractivity contribution in [1.29, 1.82) is 0 Å². The Morgan fingerprint density at radius 3 is 3.00 bits per heavy atom. The standard InChI is InChI=1S/C15H22N4O.ClH/c1-11-5-6-14(20-11)15-12(9-17-18-15)8-16-10-13-4-3-7-19(13)2;/h5-6,9,13,16H,3-4,7-8,10H2,1-2H3,(H,17,18);1H. The van der Waals surface area contributed by atoms with Gasteiger partial charge in [-0.05, 0) is 45.5 Å². The summed E-state index contributed by atoms with van der Waals surface area (Å²) in [5, 5.41) is 10.7. The first-order valence-corrected chi connectivity index (χ1v) is 7.24. The molecule has 1 aliphatic rings. The number of aromatic nitrogens is 2. The molecule has 116 valence electrons. The number of aromatic amines is 1. The molecular formula is C15H23ClN4O. The smallest absolute Gasteiger partial charge is 0.152 e. The summed E-state index contributed by atoms with van der Waals surface area (Å²) in [4.78, 5) is 2.43. The van der Waals surface area contributed by atoms with Gasteiger partial charge in [0.05, 0.1) is 6.20 Å². The van der Waals surface area contributed by atoms with Crippen LogP contribution in [0.25, 0.3) is 11.5 Å². The second-order valence-corrected chi connectivity index (χ2v) is 5.59. The first-order chi connectivity index (χ1) is 9.74. The van der Waals surface area contributed by atoms with E-state index in [-0.39, 0.29) is 12.4 Å². The highest BCUT2D eigenvalue weighted by atomic mass is 35.5. The third-order valence-corrected chi connectivity index (χ3v) is 4.07. The van der Waals surface area contributed by atoms with Gasteiger partial charge in [-0.15, -0.1) is 12.4 Å². The molecule has 0 amide bonds. The van der Waals surface area contributed by atoms with E-state index in [9.17, 15) is 0 Å². The van der Waals surface area contributed by atoms with E-state index in [1.807, 2.05) is 25.3 Å². The molecule has 1 atom stereocenters. The Labute approximate surface area is 131 Å². The molecule has 1 unspecified atom stereocenters.